The number of hydrogen-bond donors (Lipinski definition) is 0. The molecule has 60 valence electrons. The summed E-state index contributed by atoms with van der Waals surface area (Å²) in [4.78, 5) is 0. The van der Waals surface area contributed by atoms with Gasteiger partial charge in [0.25, 0.3) is 0 Å². The quantitative estimate of drug-likeness (QED) is 0.493. The first-order valence-corrected chi connectivity index (χ1v) is 4.66. The highest BCUT2D eigenvalue weighted by Crippen LogP contribution is 2.74. The van der Waals surface area contributed by atoms with E-state index in [0.29, 0.717) is 5.41 Å². The van der Waals surface area contributed by atoms with Crippen molar-refractivity contribution in [2.45, 2.75) is 24.9 Å². The van der Waals surface area contributed by atoms with Gasteiger partial charge in [-0.05, 0) is 30.9 Å². The monoisotopic (exact) mass is 158 g/mol. The zero-order valence-corrected chi connectivity index (χ0v) is 6.84. The van der Waals surface area contributed by atoms with E-state index in [0.717, 1.165) is 0 Å². The van der Waals surface area contributed by atoms with Crippen LogP contribution in [0.3, 0.4) is 0 Å². The Hall–Kier alpha value is -0.980. The maximum absolute atomic E-state index is 5.80. The van der Waals surface area contributed by atoms with E-state index in [1.807, 2.05) is 0 Å². The summed E-state index contributed by atoms with van der Waals surface area (Å²) in [5.41, 5.74) is 2.04. The van der Waals surface area contributed by atoms with Gasteiger partial charge >= 0.3 is 0 Å². The van der Waals surface area contributed by atoms with Gasteiger partial charge in [0, 0.05) is 5.41 Å². The molecule has 1 heterocycles. The number of hydrogen-bond acceptors (Lipinski definition) is 1. The van der Waals surface area contributed by atoms with Crippen LogP contribution >= 0.6 is 0 Å². The lowest BCUT2D eigenvalue weighted by Gasteiger charge is -2.14. The third-order valence-corrected chi connectivity index (χ3v) is 3.81. The molecular weight excluding hydrogens is 148 g/mol. The zero-order valence-electron chi connectivity index (χ0n) is 6.84. The third-order valence-electron chi connectivity index (χ3n) is 3.81. The number of epoxide rings is 1. The van der Waals surface area contributed by atoms with Crippen molar-refractivity contribution in [1.82, 2.24) is 0 Å². The lowest BCUT2D eigenvalue weighted by Crippen LogP contribution is -2.22. The van der Waals surface area contributed by atoms with Crippen LogP contribution in [-0.2, 0) is 4.74 Å². The molecule has 1 saturated heterocycles. The average Bonchev–Trinajstić information content (AvgIpc) is 2.92. The molecule has 2 fully saturated rings. The number of ether oxygens (including phenoxy) is 1. The van der Waals surface area contributed by atoms with Crippen molar-refractivity contribution in [3.8, 4) is 0 Å². The van der Waals surface area contributed by atoms with E-state index in [1.54, 1.807) is 0 Å². The summed E-state index contributed by atoms with van der Waals surface area (Å²) in [6.07, 6.45) is 12.8. The molecule has 4 rings (SSSR count). The topological polar surface area (TPSA) is 12.5 Å². The lowest BCUT2D eigenvalue weighted by atomic mass is 9.85. The van der Waals surface area contributed by atoms with Crippen molar-refractivity contribution in [1.29, 1.82) is 0 Å². The molecule has 1 atom stereocenters. The minimum Gasteiger partial charge on any atom is -0.474 e. The van der Waals surface area contributed by atoms with Gasteiger partial charge in [-0.15, -0.1) is 0 Å². The minimum absolute atomic E-state index is 0.0990. The molecule has 0 aromatic rings. The molecule has 12 heavy (non-hydrogen) atoms. The summed E-state index contributed by atoms with van der Waals surface area (Å²) in [6.45, 7) is 0. The van der Waals surface area contributed by atoms with Crippen LogP contribution in [0.25, 0.3) is 0 Å². The van der Waals surface area contributed by atoms with Gasteiger partial charge in [-0.25, -0.2) is 0 Å². The van der Waals surface area contributed by atoms with Crippen molar-refractivity contribution in [3.05, 3.63) is 35.6 Å². The molecule has 4 aliphatic rings. The zero-order chi connectivity index (χ0) is 7.81. The second-order valence-corrected chi connectivity index (χ2v) is 4.32. The van der Waals surface area contributed by atoms with Gasteiger partial charge in [-0.3, -0.25) is 0 Å². The van der Waals surface area contributed by atoms with E-state index >= 15 is 0 Å². The fraction of sp³-hybridized carbons (Fsp3) is 0.455. The molecule has 2 spiro atoms. The van der Waals surface area contributed by atoms with Crippen LogP contribution in [0, 0.1) is 5.41 Å². The van der Waals surface area contributed by atoms with E-state index in [-0.39, 0.29) is 5.60 Å². The highest BCUT2D eigenvalue weighted by atomic mass is 16.6. The summed E-state index contributed by atoms with van der Waals surface area (Å²) in [5, 5.41) is 0. The second kappa shape index (κ2) is 1.30. The molecule has 1 saturated carbocycles. The Kier molecular flexibility index (Phi) is 0.611. The second-order valence-electron chi connectivity index (χ2n) is 4.32. The van der Waals surface area contributed by atoms with Gasteiger partial charge in [0.1, 0.15) is 5.76 Å². The van der Waals surface area contributed by atoms with Crippen LogP contribution in [0.5, 0.6) is 0 Å². The van der Waals surface area contributed by atoms with Gasteiger partial charge in [-0.2, -0.15) is 0 Å². The molecule has 0 amide bonds. The lowest BCUT2D eigenvalue weighted by molar-refractivity contribution is 0.257. The average molecular weight is 158 g/mol. The van der Waals surface area contributed by atoms with Crippen molar-refractivity contribution in [2.24, 2.45) is 5.41 Å². The number of allylic oxidation sites excluding steroid dienone is 3. The maximum Gasteiger partial charge on any atom is 0.196 e. The highest BCUT2D eigenvalue weighted by Gasteiger charge is 2.75. The molecule has 0 bridgehead atoms. The molecule has 0 N–H and O–H groups in total. The molecule has 1 unspecified atom stereocenters. The maximum atomic E-state index is 5.80. The molecule has 1 aliphatic heterocycles. The first-order valence-electron chi connectivity index (χ1n) is 4.66. The fourth-order valence-corrected chi connectivity index (χ4v) is 2.89. The first kappa shape index (κ1) is 5.63. The van der Waals surface area contributed by atoms with Crippen LogP contribution < -0.4 is 0 Å². The van der Waals surface area contributed by atoms with Crippen molar-refractivity contribution in [3.63, 3.8) is 0 Å². The normalized spacial score (nSPS) is 42.7. The predicted molar refractivity (Wildman–Crippen MR) is 45.4 cm³/mol. The van der Waals surface area contributed by atoms with Gasteiger partial charge < -0.3 is 4.74 Å². The Labute approximate surface area is 71.4 Å². The van der Waals surface area contributed by atoms with Crippen LogP contribution in [0.4, 0.5) is 0 Å². The predicted octanol–water partition coefficient (Wildman–Crippen LogP) is 2.32. The van der Waals surface area contributed by atoms with Gasteiger partial charge in [0.2, 0.25) is 0 Å². The van der Waals surface area contributed by atoms with Crippen molar-refractivity contribution < 1.29 is 4.74 Å². The van der Waals surface area contributed by atoms with Crippen molar-refractivity contribution >= 4 is 0 Å². The summed E-state index contributed by atoms with van der Waals surface area (Å²) < 4.78 is 5.80. The van der Waals surface area contributed by atoms with Gasteiger partial charge in [0.05, 0.1) is 0 Å². The van der Waals surface area contributed by atoms with E-state index < -0.39 is 0 Å². The molecule has 0 aromatic carbocycles. The molecule has 3 aliphatic carbocycles. The Morgan fingerprint density at radius 1 is 1.33 bits per heavy atom. The van der Waals surface area contributed by atoms with E-state index in [1.165, 1.54) is 30.6 Å². The molecule has 1 heteroatoms. The summed E-state index contributed by atoms with van der Waals surface area (Å²) in [6, 6.07) is 0. The molecular formula is C11H10O. The molecule has 1 nitrogen and oxygen atoms in total. The fourth-order valence-electron chi connectivity index (χ4n) is 2.89. The highest BCUT2D eigenvalue weighted by molar-refractivity contribution is 5.59. The van der Waals surface area contributed by atoms with Crippen LogP contribution in [-0.4, -0.2) is 5.60 Å². The summed E-state index contributed by atoms with van der Waals surface area (Å²) in [7, 11) is 0. The van der Waals surface area contributed by atoms with E-state index in [9.17, 15) is 0 Å². The van der Waals surface area contributed by atoms with Crippen molar-refractivity contribution in [2.75, 3.05) is 0 Å². The Morgan fingerprint density at radius 3 is 3.08 bits per heavy atom. The standard InChI is InChI=1S/C11H10O/c1-2-8-4-5-10(6-7-10)11(8)9(3-1)12-11/h1-4H,5-7H2. The first-order chi connectivity index (χ1) is 5.87. The SMILES string of the molecule is C1=CC2=CCC3(CC3)C23OC3=C1. The Morgan fingerprint density at radius 2 is 2.25 bits per heavy atom. The van der Waals surface area contributed by atoms with Gasteiger partial charge in [0.15, 0.2) is 5.60 Å². The van der Waals surface area contributed by atoms with Crippen LogP contribution in [0.15, 0.2) is 35.6 Å². The number of rotatable bonds is 0. The van der Waals surface area contributed by atoms with Crippen LogP contribution in [0.2, 0.25) is 0 Å². The Balaban J connectivity index is 1.98. The Bertz CT molecular complexity index is 368. The molecule has 0 aromatic heterocycles. The van der Waals surface area contributed by atoms with E-state index in [2.05, 4.69) is 24.3 Å². The summed E-state index contributed by atoms with van der Waals surface area (Å²) >= 11 is 0. The molecule has 0 radical (unpaired) electrons. The van der Waals surface area contributed by atoms with E-state index in [4.69, 9.17) is 4.74 Å². The minimum atomic E-state index is 0.0990. The largest absolute Gasteiger partial charge is 0.474 e. The summed E-state index contributed by atoms with van der Waals surface area (Å²) in [5.74, 6) is 1.23. The third kappa shape index (κ3) is 0.362. The van der Waals surface area contributed by atoms with Crippen LogP contribution in [0.1, 0.15) is 19.3 Å². The van der Waals surface area contributed by atoms with Gasteiger partial charge in [-0.1, -0.05) is 18.2 Å². The smallest absolute Gasteiger partial charge is 0.196 e.